The van der Waals surface area contributed by atoms with E-state index in [-0.39, 0.29) is 35.1 Å². The molecule has 7 nitrogen and oxygen atoms in total. The lowest BCUT2D eigenvalue weighted by molar-refractivity contribution is -0.139. The van der Waals surface area contributed by atoms with Crippen molar-refractivity contribution in [3.8, 4) is 11.5 Å². The van der Waals surface area contributed by atoms with E-state index in [1.54, 1.807) is 30.3 Å². The van der Waals surface area contributed by atoms with Crippen LogP contribution in [0.5, 0.6) is 11.5 Å². The fourth-order valence-corrected chi connectivity index (χ4v) is 4.51. The SMILES string of the molecule is COc1cccc(C2=NN(c3ccc(F)cc3)C3C(=O)N(CCc4ccc(F)cc4)C(=O)C23)c1O. The number of carbonyl (C=O) groups is 2. The van der Waals surface area contributed by atoms with E-state index in [2.05, 4.69) is 5.10 Å². The summed E-state index contributed by atoms with van der Waals surface area (Å²) in [6.45, 7) is 0.102. The average Bonchev–Trinajstić information content (AvgIpc) is 3.36. The molecule has 5 rings (SSSR count). The summed E-state index contributed by atoms with van der Waals surface area (Å²) in [5.74, 6) is -2.69. The number of aromatic hydroxyl groups is 1. The van der Waals surface area contributed by atoms with Crippen LogP contribution < -0.4 is 9.75 Å². The number of methoxy groups -OCH3 is 1. The summed E-state index contributed by atoms with van der Waals surface area (Å²) >= 11 is 0. The second kappa shape index (κ2) is 8.83. The van der Waals surface area contributed by atoms with Crippen molar-refractivity contribution in [3.63, 3.8) is 0 Å². The predicted molar refractivity (Wildman–Crippen MR) is 124 cm³/mol. The van der Waals surface area contributed by atoms with Gasteiger partial charge in [0.15, 0.2) is 11.5 Å². The number of hydrogen-bond acceptors (Lipinski definition) is 6. The van der Waals surface area contributed by atoms with Crippen molar-refractivity contribution < 1.29 is 28.2 Å². The summed E-state index contributed by atoms with van der Waals surface area (Å²) in [4.78, 5) is 28.2. The smallest absolute Gasteiger partial charge is 0.255 e. The van der Waals surface area contributed by atoms with Gasteiger partial charge in [0.1, 0.15) is 23.6 Å². The standard InChI is InChI=1S/C26H21F2N3O4/c1-35-20-4-2-3-19(24(20)32)22-21-23(31(29-22)18-11-9-17(28)10-12-18)26(34)30(25(21)33)14-13-15-5-7-16(27)8-6-15/h2-12,21,23,32H,13-14H2,1H3. The monoisotopic (exact) mass is 477 g/mol. The first-order valence-electron chi connectivity index (χ1n) is 11.0. The van der Waals surface area contributed by atoms with Crippen molar-refractivity contribution in [3.05, 3.63) is 89.5 Å². The lowest BCUT2D eigenvalue weighted by Crippen LogP contribution is -2.39. The summed E-state index contributed by atoms with van der Waals surface area (Å²) < 4.78 is 32.0. The van der Waals surface area contributed by atoms with Gasteiger partial charge < -0.3 is 9.84 Å². The first-order valence-corrected chi connectivity index (χ1v) is 11.0. The minimum Gasteiger partial charge on any atom is -0.504 e. The Labute approximate surface area is 199 Å². The number of imide groups is 1. The molecule has 0 radical (unpaired) electrons. The predicted octanol–water partition coefficient (Wildman–Crippen LogP) is 3.50. The second-order valence-corrected chi connectivity index (χ2v) is 8.29. The topological polar surface area (TPSA) is 82.4 Å². The van der Waals surface area contributed by atoms with E-state index >= 15 is 0 Å². The van der Waals surface area contributed by atoms with E-state index in [1.807, 2.05) is 0 Å². The van der Waals surface area contributed by atoms with Crippen LogP contribution in [0.1, 0.15) is 11.1 Å². The molecule has 178 valence electrons. The highest BCUT2D eigenvalue weighted by atomic mass is 19.1. The van der Waals surface area contributed by atoms with Gasteiger partial charge in [-0.15, -0.1) is 0 Å². The molecule has 9 heteroatoms. The van der Waals surface area contributed by atoms with E-state index in [4.69, 9.17) is 4.74 Å². The van der Waals surface area contributed by atoms with Gasteiger partial charge in [-0.1, -0.05) is 18.2 Å². The van der Waals surface area contributed by atoms with Gasteiger partial charge in [-0.3, -0.25) is 19.5 Å². The maximum Gasteiger partial charge on any atom is 0.255 e. The van der Waals surface area contributed by atoms with Crippen molar-refractivity contribution in [1.29, 1.82) is 0 Å². The number of likely N-dealkylation sites (tertiary alicyclic amines) is 1. The summed E-state index contributed by atoms with van der Waals surface area (Å²) in [6, 6.07) is 15.1. The first-order chi connectivity index (χ1) is 16.9. The molecule has 3 aromatic carbocycles. The largest absolute Gasteiger partial charge is 0.504 e. The number of phenols is 1. The lowest BCUT2D eigenvalue weighted by Gasteiger charge is -2.22. The highest BCUT2D eigenvalue weighted by molar-refractivity contribution is 6.26. The van der Waals surface area contributed by atoms with Gasteiger partial charge in [0, 0.05) is 12.1 Å². The zero-order valence-electron chi connectivity index (χ0n) is 18.7. The molecule has 0 bridgehead atoms. The number of halogens is 2. The molecule has 0 saturated carbocycles. The Morgan fingerprint density at radius 1 is 0.943 bits per heavy atom. The van der Waals surface area contributed by atoms with E-state index in [1.165, 1.54) is 53.4 Å². The molecule has 2 unspecified atom stereocenters. The van der Waals surface area contributed by atoms with Crippen molar-refractivity contribution in [1.82, 2.24) is 4.90 Å². The van der Waals surface area contributed by atoms with Crippen LogP contribution in [-0.2, 0) is 16.0 Å². The highest BCUT2D eigenvalue weighted by Crippen LogP contribution is 2.41. The van der Waals surface area contributed by atoms with Crippen molar-refractivity contribution in [2.75, 3.05) is 18.7 Å². The number of hydrazone groups is 1. The molecule has 2 atom stereocenters. The van der Waals surface area contributed by atoms with Gasteiger partial charge >= 0.3 is 0 Å². The van der Waals surface area contributed by atoms with Crippen LogP contribution in [-0.4, -0.2) is 47.2 Å². The van der Waals surface area contributed by atoms with Gasteiger partial charge in [0.05, 0.1) is 18.5 Å². The fraction of sp³-hybridized carbons (Fsp3) is 0.192. The fourth-order valence-electron chi connectivity index (χ4n) is 4.51. The van der Waals surface area contributed by atoms with Crippen molar-refractivity contribution in [2.45, 2.75) is 12.5 Å². The third-order valence-corrected chi connectivity index (χ3v) is 6.26. The Morgan fingerprint density at radius 3 is 2.26 bits per heavy atom. The molecule has 2 aliphatic rings. The number of amides is 2. The number of para-hydroxylation sites is 1. The molecule has 2 amide bonds. The quantitative estimate of drug-likeness (QED) is 0.550. The van der Waals surface area contributed by atoms with E-state index in [9.17, 15) is 23.5 Å². The number of hydrogen-bond donors (Lipinski definition) is 1. The third-order valence-electron chi connectivity index (χ3n) is 6.26. The van der Waals surface area contributed by atoms with E-state index in [0.29, 0.717) is 12.1 Å². The number of phenolic OH excluding ortho intramolecular Hbond substituents is 1. The Balaban J connectivity index is 1.53. The van der Waals surface area contributed by atoms with Crippen LogP contribution in [0.4, 0.5) is 14.5 Å². The first kappa shape index (κ1) is 22.5. The molecule has 0 spiro atoms. The van der Waals surface area contributed by atoms with Crippen LogP contribution >= 0.6 is 0 Å². The average molecular weight is 477 g/mol. The number of rotatable bonds is 6. The summed E-state index contributed by atoms with van der Waals surface area (Å²) in [5, 5.41) is 16.7. The number of ether oxygens (including phenoxy) is 1. The highest BCUT2D eigenvalue weighted by Gasteiger charge is 2.57. The molecule has 1 N–H and O–H groups in total. The Kier molecular flexibility index (Phi) is 5.68. The maximum absolute atomic E-state index is 13.6. The number of carbonyl (C=O) groups excluding carboxylic acids is 2. The Morgan fingerprint density at radius 2 is 1.60 bits per heavy atom. The van der Waals surface area contributed by atoms with E-state index in [0.717, 1.165) is 5.56 Å². The van der Waals surface area contributed by atoms with Gasteiger partial charge in [-0.25, -0.2) is 8.78 Å². The van der Waals surface area contributed by atoms with Crippen molar-refractivity contribution >= 4 is 23.2 Å². The summed E-state index contributed by atoms with van der Waals surface area (Å²) in [7, 11) is 1.41. The van der Waals surface area contributed by atoms with Gasteiger partial charge in [0.25, 0.3) is 5.91 Å². The molecule has 1 fully saturated rings. The molecule has 1 saturated heterocycles. The van der Waals surface area contributed by atoms with Crippen LogP contribution in [0.25, 0.3) is 0 Å². The number of nitrogens with zero attached hydrogens (tertiary/aromatic N) is 3. The van der Waals surface area contributed by atoms with Crippen LogP contribution in [0, 0.1) is 17.6 Å². The summed E-state index contributed by atoms with van der Waals surface area (Å²) in [5.41, 5.74) is 1.70. The number of anilines is 1. The normalized spacial score (nSPS) is 19.2. The van der Waals surface area contributed by atoms with Gasteiger partial charge in [0.2, 0.25) is 5.91 Å². The van der Waals surface area contributed by atoms with Gasteiger partial charge in [-0.05, 0) is 60.5 Å². The van der Waals surface area contributed by atoms with Crippen LogP contribution in [0.2, 0.25) is 0 Å². The summed E-state index contributed by atoms with van der Waals surface area (Å²) in [6.07, 6.45) is 0.352. The zero-order chi connectivity index (χ0) is 24.7. The minimum atomic E-state index is -0.984. The molecule has 0 aliphatic carbocycles. The van der Waals surface area contributed by atoms with Crippen LogP contribution in [0.15, 0.2) is 71.8 Å². The molecule has 3 aromatic rings. The molecule has 0 aromatic heterocycles. The molecular weight excluding hydrogens is 456 g/mol. The van der Waals surface area contributed by atoms with E-state index < -0.39 is 29.6 Å². The number of fused-ring (bicyclic) bond motifs is 1. The maximum atomic E-state index is 13.6. The minimum absolute atomic E-state index is 0.102. The zero-order valence-corrected chi connectivity index (χ0v) is 18.7. The second-order valence-electron chi connectivity index (χ2n) is 8.29. The van der Waals surface area contributed by atoms with Crippen molar-refractivity contribution in [2.24, 2.45) is 11.0 Å². The third kappa shape index (κ3) is 3.88. The lowest BCUT2D eigenvalue weighted by atomic mass is 9.92. The number of benzene rings is 3. The Bertz CT molecular complexity index is 1330. The Hall–Kier alpha value is -4.27. The molecule has 2 heterocycles. The molecular formula is C26H21F2N3O4. The molecule has 2 aliphatic heterocycles. The molecule has 35 heavy (non-hydrogen) atoms. The van der Waals surface area contributed by atoms with Crippen LogP contribution in [0.3, 0.4) is 0 Å². The van der Waals surface area contributed by atoms with Gasteiger partial charge in [-0.2, -0.15) is 5.10 Å².